The Labute approximate surface area is 163 Å². The van der Waals surface area contributed by atoms with E-state index in [0.29, 0.717) is 35.1 Å². The van der Waals surface area contributed by atoms with E-state index in [1.54, 1.807) is 6.07 Å². The molecular weight excluding hydrogens is 383 g/mol. The summed E-state index contributed by atoms with van der Waals surface area (Å²) >= 11 is 0. The third-order valence-electron chi connectivity index (χ3n) is 5.38. The lowest BCUT2D eigenvalue weighted by Crippen LogP contribution is -2.27. The third-order valence-corrected chi connectivity index (χ3v) is 5.38. The number of halogens is 3. The van der Waals surface area contributed by atoms with Crippen molar-refractivity contribution < 1.29 is 13.2 Å². The predicted octanol–water partition coefficient (Wildman–Crippen LogP) is 3.89. The van der Waals surface area contributed by atoms with Gasteiger partial charge >= 0.3 is 11.9 Å². The van der Waals surface area contributed by atoms with Gasteiger partial charge in [-0.3, -0.25) is 0 Å². The van der Waals surface area contributed by atoms with Crippen LogP contribution in [0.2, 0.25) is 0 Å². The van der Waals surface area contributed by atoms with Gasteiger partial charge in [0.2, 0.25) is 0 Å². The molecule has 0 spiro atoms. The average Bonchev–Trinajstić information content (AvgIpc) is 3.59. The molecule has 0 amide bonds. The molecule has 0 unspecified atom stereocenters. The van der Waals surface area contributed by atoms with Crippen LogP contribution in [0.4, 0.5) is 19.0 Å². The first-order valence-corrected chi connectivity index (χ1v) is 9.61. The van der Waals surface area contributed by atoms with E-state index in [-0.39, 0.29) is 0 Å². The van der Waals surface area contributed by atoms with Crippen LogP contribution in [-0.4, -0.2) is 26.1 Å². The van der Waals surface area contributed by atoms with Crippen molar-refractivity contribution >= 4 is 16.7 Å². The van der Waals surface area contributed by atoms with Gasteiger partial charge in [-0.15, -0.1) is 0 Å². The first kappa shape index (κ1) is 18.1. The van der Waals surface area contributed by atoms with Crippen LogP contribution in [0.5, 0.6) is 0 Å². The molecule has 0 atom stereocenters. The number of nitrogens with zero attached hydrogens (tertiary/aromatic N) is 4. The normalized spacial score (nSPS) is 16.9. The number of benzene rings is 1. The van der Waals surface area contributed by atoms with Crippen LogP contribution in [0.15, 0.2) is 35.4 Å². The highest BCUT2D eigenvalue weighted by molar-refractivity contribution is 5.91. The van der Waals surface area contributed by atoms with Gasteiger partial charge in [-0.2, -0.15) is 18.2 Å². The van der Waals surface area contributed by atoms with Gasteiger partial charge in [0, 0.05) is 24.3 Å². The summed E-state index contributed by atoms with van der Waals surface area (Å²) in [6, 6.07) is 5.57. The summed E-state index contributed by atoms with van der Waals surface area (Å²) in [6.07, 6.45) is 1.69. The Morgan fingerprint density at radius 1 is 1.10 bits per heavy atom. The molecule has 0 saturated heterocycles. The number of aromatic nitrogens is 4. The van der Waals surface area contributed by atoms with Crippen LogP contribution >= 0.6 is 0 Å². The zero-order chi connectivity index (χ0) is 20.2. The molecule has 6 nitrogen and oxygen atoms in total. The van der Waals surface area contributed by atoms with E-state index in [1.165, 1.54) is 0 Å². The summed E-state index contributed by atoms with van der Waals surface area (Å²) in [6.45, 7) is 0.689. The van der Waals surface area contributed by atoms with Crippen LogP contribution in [0.3, 0.4) is 0 Å². The summed E-state index contributed by atoms with van der Waals surface area (Å²) in [5, 5.41) is 3.79. The number of anilines is 1. The van der Waals surface area contributed by atoms with E-state index in [1.807, 2.05) is 12.1 Å². The molecule has 2 aromatic heterocycles. The maximum atomic E-state index is 13.5. The molecule has 150 valence electrons. The lowest BCUT2D eigenvalue weighted by molar-refractivity contribution is -0.141. The van der Waals surface area contributed by atoms with Crippen molar-refractivity contribution in [2.45, 2.75) is 37.8 Å². The summed E-state index contributed by atoms with van der Waals surface area (Å²) in [7, 11) is 0. The molecule has 2 aliphatic rings. The van der Waals surface area contributed by atoms with Crippen molar-refractivity contribution in [3.8, 4) is 5.82 Å². The number of fused-ring (bicyclic) bond motifs is 1. The summed E-state index contributed by atoms with van der Waals surface area (Å²) < 4.78 is 41.5. The van der Waals surface area contributed by atoms with Gasteiger partial charge in [-0.05, 0) is 55.2 Å². The smallest absolute Gasteiger partial charge is 0.369 e. The van der Waals surface area contributed by atoms with Crippen LogP contribution in [0.1, 0.15) is 42.9 Å². The van der Waals surface area contributed by atoms with E-state index >= 15 is 0 Å². The first-order valence-electron chi connectivity index (χ1n) is 9.61. The minimum Gasteiger partial charge on any atom is -0.369 e. The van der Waals surface area contributed by atoms with Crippen molar-refractivity contribution in [3.63, 3.8) is 0 Å². The lowest BCUT2D eigenvalue weighted by atomic mass is 10.1. The molecule has 2 aliphatic carbocycles. The Hall–Kier alpha value is -2.97. The number of nitrogens with one attached hydrogen (secondary N) is 1. The number of alkyl halides is 3. The van der Waals surface area contributed by atoms with Crippen LogP contribution in [0, 0.1) is 5.92 Å². The van der Waals surface area contributed by atoms with Crippen molar-refractivity contribution in [1.29, 1.82) is 0 Å². The maximum Gasteiger partial charge on any atom is 0.437 e. The highest BCUT2D eigenvalue weighted by Crippen LogP contribution is 2.41. The number of hydrogen-bond acceptors (Lipinski definition) is 5. The fraction of sp³-hybridized carbons (Fsp3) is 0.400. The van der Waals surface area contributed by atoms with Crippen LogP contribution in [0.25, 0.3) is 16.7 Å². The van der Waals surface area contributed by atoms with E-state index in [2.05, 4.69) is 20.3 Å². The molecule has 9 heteroatoms. The topological polar surface area (TPSA) is 72.7 Å². The minimum absolute atomic E-state index is 0.360. The van der Waals surface area contributed by atoms with Gasteiger partial charge in [0.15, 0.2) is 11.5 Å². The Morgan fingerprint density at radius 3 is 2.55 bits per heavy atom. The molecule has 0 aliphatic heterocycles. The SMILES string of the molecule is O=c1nc(NCC2CC2)c2ccc(C3CC3)cc2n1-c1nccnc1C(F)(F)F. The monoisotopic (exact) mass is 401 g/mol. The molecule has 2 fully saturated rings. The summed E-state index contributed by atoms with van der Waals surface area (Å²) in [5.41, 5.74) is -0.656. The average molecular weight is 401 g/mol. The maximum absolute atomic E-state index is 13.5. The molecule has 2 heterocycles. The van der Waals surface area contributed by atoms with Crippen molar-refractivity contribution in [1.82, 2.24) is 19.5 Å². The molecule has 1 aromatic carbocycles. The quantitative estimate of drug-likeness (QED) is 0.702. The van der Waals surface area contributed by atoms with Crippen molar-refractivity contribution in [2.24, 2.45) is 5.92 Å². The molecule has 2 saturated carbocycles. The summed E-state index contributed by atoms with van der Waals surface area (Å²) in [4.78, 5) is 24.2. The van der Waals surface area contributed by atoms with E-state index < -0.39 is 23.4 Å². The number of rotatable bonds is 5. The lowest BCUT2D eigenvalue weighted by Gasteiger charge is -2.16. The van der Waals surface area contributed by atoms with E-state index in [4.69, 9.17) is 0 Å². The zero-order valence-corrected chi connectivity index (χ0v) is 15.4. The Bertz CT molecular complexity index is 1150. The highest BCUT2D eigenvalue weighted by atomic mass is 19.4. The first-order chi connectivity index (χ1) is 13.9. The van der Waals surface area contributed by atoms with Gasteiger partial charge in [-0.1, -0.05) is 6.07 Å². The van der Waals surface area contributed by atoms with Crippen LogP contribution in [-0.2, 0) is 6.18 Å². The molecule has 1 N–H and O–H groups in total. The molecule has 3 aromatic rings. The second-order valence-electron chi connectivity index (χ2n) is 7.68. The predicted molar refractivity (Wildman–Crippen MR) is 101 cm³/mol. The fourth-order valence-electron chi connectivity index (χ4n) is 3.51. The molecule has 29 heavy (non-hydrogen) atoms. The molecule has 0 bridgehead atoms. The highest BCUT2D eigenvalue weighted by Gasteiger charge is 2.37. The second-order valence-corrected chi connectivity index (χ2v) is 7.68. The van der Waals surface area contributed by atoms with Gasteiger partial charge in [0.1, 0.15) is 5.82 Å². The van der Waals surface area contributed by atoms with Gasteiger partial charge in [0.25, 0.3) is 0 Å². The van der Waals surface area contributed by atoms with Gasteiger partial charge in [-0.25, -0.2) is 19.3 Å². The van der Waals surface area contributed by atoms with Crippen LogP contribution < -0.4 is 11.0 Å². The standard InChI is InChI=1S/C20H18F3N5O/c21-20(22,23)16-18(25-8-7-24-16)28-15-9-13(12-3-4-12)5-6-14(15)17(27-19(28)29)26-10-11-1-2-11/h5-9,11-12H,1-4,10H2,(H,26,27,29). The molecular formula is C20H18F3N5O. The van der Waals surface area contributed by atoms with Crippen molar-refractivity contribution in [3.05, 3.63) is 52.3 Å². The van der Waals surface area contributed by atoms with Gasteiger partial charge < -0.3 is 5.32 Å². The Morgan fingerprint density at radius 2 is 1.86 bits per heavy atom. The Balaban J connectivity index is 1.75. The zero-order valence-electron chi connectivity index (χ0n) is 15.4. The van der Waals surface area contributed by atoms with E-state index in [0.717, 1.165) is 48.2 Å². The fourth-order valence-corrected chi connectivity index (χ4v) is 3.51. The second kappa shape index (κ2) is 6.53. The van der Waals surface area contributed by atoms with Crippen molar-refractivity contribution in [2.75, 3.05) is 11.9 Å². The number of hydrogen-bond donors (Lipinski definition) is 1. The molecule has 5 rings (SSSR count). The van der Waals surface area contributed by atoms with E-state index in [9.17, 15) is 18.0 Å². The molecule has 0 radical (unpaired) electrons. The largest absolute Gasteiger partial charge is 0.437 e. The Kier molecular flexibility index (Phi) is 4.07. The summed E-state index contributed by atoms with van der Waals surface area (Å²) in [5.74, 6) is 0.775. The third kappa shape index (κ3) is 3.45. The minimum atomic E-state index is -4.74. The van der Waals surface area contributed by atoms with Gasteiger partial charge in [0.05, 0.1) is 5.52 Å².